The van der Waals surface area contributed by atoms with E-state index in [-0.39, 0.29) is 17.4 Å². The zero-order valence-electron chi connectivity index (χ0n) is 11.7. The largest absolute Gasteiger partial charge is 0.384 e. The number of halogens is 1. The van der Waals surface area contributed by atoms with Crippen LogP contribution in [0.25, 0.3) is 0 Å². The zero-order valence-corrected chi connectivity index (χ0v) is 12.4. The van der Waals surface area contributed by atoms with E-state index >= 15 is 0 Å². The maximum absolute atomic E-state index is 11.5. The molecule has 6 nitrogen and oxygen atoms in total. The predicted molar refractivity (Wildman–Crippen MR) is 78.2 cm³/mol. The molecule has 1 aliphatic rings. The Balaban J connectivity index is 2.20. The molecule has 0 atom stereocenters. The van der Waals surface area contributed by atoms with Crippen LogP contribution >= 0.6 is 11.6 Å². The molecule has 1 amide bonds. The second kappa shape index (κ2) is 6.85. The number of methoxy groups -OCH3 is 1. The van der Waals surface area contributed by atoms with Crippen LogP contribution in [0.15, 0.2) is 6.20 Å². The van der Waals surface area contributed by atoms with Gasteiger partial charge in [-0.2, -0.15) is 4.98 Å². The van der Waals surface area contributed by atoms with E-state index in [2.05, 4.69) is 15.3 Å². The first-order valence-corrected chi connectivity index (χ1v) is 7.04. The quantitative estimate of drug-likeness (QED) is 0.666. The fourth-order valence-corrected chi connectivity index (χ4v) is 2.72. The van der Waals surface area contributed by atoms with Gasteiger partial charge < -0.3 is 10.1 Å². The number of anilines is 2. The van der Waals surface area contributed by atoms with Gasteiger partial charge in [-0.25, -0.2) is 4.98 Å². The Hall–Kier alpha value is -1.40. The number of carbonyl (C=O) groups is 1. The molecule has 0 aromatic carbocycles. The van der Waals surface area contributed by atoms with E-state index in [1.807, 2.05) is 0 Å². The molecule has 0 unspecified atom stereocenters. The number of nitrogens with zero attached hydrogens (tertiary/aromatic N) is 3. The highest BCUT2D eigenvalue weighted by molar-refractivity contribution is 6.28. The van der Waals surface area contributed by atoms with E-state index in [1.165, 1.54) is 0 Å². The maximum atomic E-state index is 11.5. The second-order valence-corrected chi connectivity index (χ2v) is 5.14. The molecule has 1 fully saturated rings. The molecule has 0 radical (unpaired) electrons. The van der Waals surface area contributed by atoms with Gasteiger partial charge in [0.15, 0.2) is 5.82 Å². The summed E-state index contributed by atoms with van der Waals surface area (Å²) in [7, 11) is 3.49. The molecule has 1 aliphatic carbocycles. The highest BCUT2D eigenvalue weighted by Gasteiger charge is 2.28. The fourth-order valence-electron chi connectivity index (χ4n) is 2.59. The van der Waals surface area contributed by atoms with Crippen LogP contribution in [0.5, 0.6) is 0 Å². The van der Waals surface area contributed by atoms with Gasteiger partial charge in [-0.15, -0.1) is 0 Å². The highest BCUT2D eigenvalue weighted by Crippen LogP contribution is 2.30. The van der Waals surface area contributed by atoms with Crippen LogP contribution in [-0.4, -0.2) is 42.7 Å². The first kappa shape index (κ1) is 15.0. The van der Waals surface area contributed by atoms with Crippen molar-refractivity contribution in [1.29, 1.82) is 0 Å². The summed E-state index contributed by atoms with van der Waals surface area (Å²) in [6, 6.07) is 0.122. The van der Waals surface area contributed by atoms with E-state index in [0.717, 1.165) is 32.1 Å². The normalized spacial score (nSPS) is 22.4. The summed E-state index contributed by atoms with van der Waals surface area (Å²) in [6.07, 6.45) is 6.36. The number of amides is 1. The molecule has 0 bridgehead atoms. The third kappa shape index (κ3) is 3.19. The lowest BCUT2D eigenvalue weighted by Crippen LogP contribution is -2.39. The van der Waals surface area contributed by atoms with Crippen LogP contribution in [0.4, 0.5) is 11.5 Å². The molecule has 1 heterocycles. The standard InChI is InChI=1S/C13H19ClN4O2/c1-15-11-7-16-13(14)17-12(11)18(8-19)9-3-5-10(20-2)6-4-9/h7-10,15H,3-6H2,1-2H3. The number of aromatic nitrogens is 2. The van der Waals surface area contributed by atoms with Crippen molar-refractivity contribution < 1.29 is 9.53 Å². The van der Waals surface area contributed by atoms with Gasteiger partial charge in [0.25, 0.3) is 0 Å². The van der Waals surface area contributed by atoms with E-state index in [0.29, 0.717) is 11.5 Å². The summed E-state index contributed by atoms with van der Waals surface area (Å²) in [4.78, 5) is 21.3. The van der Waals surface area contributed by atoms with Crippen molar-refractivity contribution >= 4 is 29.5 Å². The van der Waals surface area contributed by atoms with Crippen LogP contribution in [-0.2, 0) is 9.53 Å². The van der Waals surface area contributed by atoms with E-state index in [9.17, 15) is 4.79 Å². The number of rotatable bonds is 5. The lowest BCUT2D eigenvalue weighted by atomic mass is 9.92. The van der Waals surface area contributed by atoms with Gasteiger partial charge in [0.1, 0.15) is 0 Å². The van der Waals surface area contributed by atoms with Crippen LogP contribution in [0, 0.1) is 0 Å². The molecule has 2 rings (SSSR count). The minimum Gasteiger partial charge on any atom is -0.384 e. The Morgan fingerprint density at radius 2 is 2.15 bits per heavy atom. The summed E-state index contributed by atoms with van der Waals surface area (Å²) < 4.78 is 5.36. The van der Waals surface area contributed by atoms with Gasteiger partial charge in [-0.1, -0.05) is 0 Å². The Bertz CT molecular complexity index is 464. The first-order chi connectivity index (χ1) is 9.69. The molecule has 0 spiro atoms. The molecule has 20 heavy (non-hydrogen) atoms. The van der Waals surface area contributed by atoms with Crippen LogP contribution in [0.1, 0.15) is 25.7 Å². The molecule has 1 saturated carbocycles. The Morgan fingerprint density at radius 3 is 2.70 bits per heavy atom. The van der Waals surface area contributed by atoms with Gasteiger partial charge in [0.05, 0.1) is 18.0 Å². The second-order valence-electron chi connectivity index (χ2n) is 4.81. The van der Waals surface area contributed by atoms with Crippen LogP contribution < -0.4 is 10.2 Å². The Morgan fingerprint density at radius 1 is 1.45 bits per heavy atom. The van der Waals surface area contributed by atoms with Crippen molar-refractivity contribution in [3.63, 3.8) is 0 Å². The maximum Gasteiger partial charge on any atom is 0.224 e. The summed E-state index contributed by atoms with van der Waals surface area (Å²) in [5.41, 5.74) is 0.690. The molecule has 1 aromatic heterocycles. The molecule has 0 aliphatic heterocycles. The van der Waals surface area contributed by atoms with Gasteiger partial charge in [0.2, 0.25) is 11.7 Å². The molecule has 110 valence electrons. The number of ether oxygens (including phenoxy) is 1. The summed E-state index contributed by atoms with van der Waals surface area (Å²) in [5.74, 6) is 0.531. The van der Waals surface area contributed by atoms with Crippen molar-refractivity contribution in [1.82, 2.24) is 9.97 Å². The molecule has 7 heteroatoms. The SMILES string of the molecule is CNc1cnc(Cl)nc1N(C=O)C1CCC(OC)CC1. The van der Waals surface area contributed by atoms with Crippen LogP contribution in [0.3, 0.4) is 0 Å². The van der Waals surface area contributed by atoms with Gasteiger partial charge in [0, 0.05) is 20.2 Å². The van der Waals surface area contributed by atoms with Crippen molar-refractivity contribution in [3.05, 3.63) is 11.5 Å². The average Bonchev–Trinajstić information content (AvgIpc) is 2.49. The molecule has 1 N–H and O–H groups in total. The zero-order chi connectivity index (χ0) is 14.5. The van der Waals surface area contributed by atoms with E-state index < -0.39 is 0 Å². The van der Waals surface area contributed by atoms with Gasteiger partial charge in [-0.3, -0.25) is 9.69 Å². The molecule has 0 saturated heterocycles. The van der Waals surface area contributed by atoms with Crippen molar-refractivity contribution in [2.45, 2.75) is 37.8 Å². The van der Waals surface area contributed by atoms with Crippen LogP contribution in [0.2, 0.25) is 5.28 Å². The Kier molecular flexibility index (Phi) is 5.14. The third-order valence-corrected chi connectivity index (χ3v) is 3.92. The predicted octanol–water partition coefficient (Wildman–Crippen LogP) is 2.09. The average molecular weight is 299 g/mol. The number of carbonyl (C=O) groups excluding carboxylic acids is 1. The first-order valence-electron chi connectivity index (χ1n) is 6.66. The van der Waals surface area contributed by atoms with Gasteiger partial charge in [-0.05, 0) is 37.3 Å². The highest BCUT2D eigenvalue weighted by atomic mass is 35.5. The van der Waals surface area contributed by atoms with Gasteiger partial charge >= 0.3 is 0 Å². The summed E-state index contributed by atoms with van der Waals surface area (Å²) in [6.45, 7) is 0. The lowest BCUT2D eigenvalue weighted by Gasteiger charge is -2.34. The third-order valence-electron chi connectivity index (χ3n) is 3.74. The summed E-state index contributed by atoms with van der Waals surface area (Å²) in [5, 5.41) is 3.12. The topological polar surface area (TPSA) is 67.4 Å². The summed E-state index contributed by atoms with van der Waals surface area (Å²) >= 11 is 5.85. The Labute approximate surface area is 123 Å². The van der Waals surface area contributed by atoms with Crippen molar-refractivity contribution in [3.8, 4) is 0 Å². The fraction of sp³-hybridized carbons (Fsp3) is 0.615. The number of hydrogen-bond donors (Lipinski definition) is 1. The van der Waals surface area contributed by atoms with Crippen molar-refractivity contribution in [2.75, 3.05) is 24.4 Å². The van der Waals surface area contributed by atoms with Crippen molar-refractivity contribution in [2.24, 2.45) is 0 Å². The minimum absolute atomic E-state index is 0.122. The minimum atomic E-state index is 0.122. The lowest BCUT2D eigenvalue weighted by molar-refractivity contribution is -0.108. The monoisotopic (exact) mass is 298 g/mol. The molecule has 1 aromatic rings. The number of nitrogens with one attached hydrogen (secondary N) is 1. The van der Waals surface area contributed by atoms with E-state index in [4.69, 9.17) is 16.3 Å². The number of hydrogen-bond acceptors (Lipinski definition) is 5. The molecular formula is C13H19ClN4O2. The molecular weight excluding hydrogens is 280 g/mol. The smallest absolute Gasteiger partial charge is 0.224 e. The van der Waals surface area contributed by atoms with E-state index in [1.54, 1.807) is 25.3 Å².